The largest absolute Gasteiger partial charge is 0.468 e. The van der Waals surface area contributed by atoms with E-state index in [2.05, 4.69) is 15.4 Å². The van der Waals surface area contributed by atoms with Gasteiger partial charge < -0.3 is 10.1 Å². The number of nitro benzene ring substituents is 1. The minimum atomic E-state index is -0.611. The van der Waals surface area contributed by atoms with Gasteiger partial charge in [0.15, 0.2) is 5.11 Å². The summed E-state index contributed by atoms with van der Waals surface area (Å²) in [6.45, 7) is 1.38. The van der Waals surface area contributed by atoms with E-state index in [-0.39, 0.29) is 22.9 Å². The van der Waals surface area contributed by atoms with Crippen LogP contribution in [0.2, 0.25) is 0 Å². The van der Waals surface area contributed by atoms with Crippen molar-refractivity contribution in [2.24, 2.45) is 0 Å². The lowest BCUT2D eigenvalue weighted by molar-refractivity contribution is -0.385. The lowest BCUT2D eigenvalue weighted by Gasteiger charge is -2.08. The fourth-order valence-corrected chi connectivity index (χ4v) is 1.56. The molecular weight excluding hydrogens is 298 g/mol. The molecule has 0 atom stereocenters. The summed E-state index contributed by atoms with van der Waals surface area (Å²) in [6, 6.07) is 4.08. The fourth-order valence-electron chi connectivity index (χ4n) is 1.39. The second-order valence-corrected chi connectivity index (χ2v) is 4.38. The molecule has 0 heterocycles. The zero-order chi connectivity index (χ0) is 16.0. The molecule has 0 fully saturated rings. The van der Waals surface area contributed by atoms with Gasteiger partial charge in [-0.1, -0.05) is 6.07 Å². The molecule has 0 spiro atoms. The first-order valence-electron chi connectivity index (χ1n) is 5.76. The lowest BCUT2D eigenvalue weighted by atomic mass is 10.1. The average molecular weight is 311 g/mol. The Morgan fingerprint density at radius 3 is 2.67 bits per heavy atom. The molecule has 0 radical (unpaired) electrons. The zero-order valence-corrected chi connectivity index (χ0v) is 12.2. The maximum Gasteiger partial charge on any atom is 0.325 e. The zero-order valence-electron chi connectivity index (χ0n) is 11.3. The quantitative estimate of drug-likeness (QED) is 0.364. The Kier molecular flexibility index (Phi) is 5.73. The molecule has 0 aliphatic rings. The van der Waals surface area contributed by atoms with E-state index in [0.29, 0.717) is 5.56 Å². The number of ether oxygens (including phenoxy) is 1. The molecule has 21 heavy (non-hydrogen) atoms. The monoisotopic (exact) mass is 311 g/mol. The van der Waals surface area contributed by atoms with Gasteiger partial charge in [-0.3, -0.25) is 25.0 Å². The van der Waals surface area contributed by atoms with Gasteiger partial charge in [-0.15, -0.1) is 0 Å². The van der Waals surface area contributed by atoms with E-state index < -0.39 is 16.8 Å². The molecule has 0 aromatic heterocycles. The van der Waals surface area contributed by atoms with Crippen LogP contribution < -0.4 is 10.6 Å². The van der Waals surface area contributed by atoms with Gasteiger partial charge in [0.25, 0.3) is 11.6 Å². The first kappa shape index (κ1) is 16.5. The highest BCUT2D eigenvalue weighted by Gasteiger charge is 2.15. The van der Waals surface area contributed by atoms with Crippen LogP contribution in [0.5, 0.6) is 0 Å². The fraction of sp³-hybridized carbons (Fsp3) is 0.250. The van der Waals surface area contributed by atoms with Crippen molar-refractivity contribution in [2.75, 3.05) is 13.7 Å². The number of thiocarbonyl (C=S) groups is 1. The summed E-state index contributed by atoms with van der Waals surface area (Å²) >= 11 is 4.82. The number of rotatable bonds is 4. The predicted octanol–water partition coefficient (Wildman–Crippen LogP) is 0.681. The Bertz CT molecular complexity index is 603. The van der Waals surface area contributed by atoms with Gasteiger partial charge in [-0.2, -0.15) is 0 Å². The van der Waals surface area contributed by atoms with Crippen molar-refractivity contribution in [3.05, 3.63) is 39.4 Å². The molecule has 1 aromatic rings. The third-order valence-electron chi connectivity index (χ3n) is 2.52. The summed E-state index contributed by atoms with van der Waals surface area (Å²) in [7, 11) is 1.22. The van der Waals surface area contributed by atoms with Crippen LogP contribution in [-0.4, -0.2) is 35.6 Å². The predicted molar refractivity (Wildman–Crippen MR) is 77.9 cm³/mol. The van der Waals surface area contributed by atoms with E-state index in [1.54, 1.807) is 6.92 Å². The van der Waals surface area contributed by atoms with E-state index in [9.17, 15) is 19.7 Å². The Morgan fingerprint density at radius 2 is 2.10 bits per heavy atom. The Labute approximate surface area is 125 Å². The number of amides is 1. The molecule has 0 saturated heterocycles. The second kappa shape index (κ2) is 7.29. The number of methoxy groups -OCH3 is 1. The highest BCUT2D eigenvalue weighted by molar-refractivity contribution is 7.80. The average Bonchev–Trinajstić information content (AvgIpc) is 2.44. The van der Waals surface area contributed by atoms with Crippen molar-refractivity contribution in [1.29, 1.82) is 0 Å². The van der Waals surface area contributed by atoms with E-state index in [1.165, 1.54) is 19.2 Å². The summed E-state index contributed by atoms with van der Waals surface area (Å²) in [5.41, 5.74) is 0.383. The number of carbonyl (C=O) groups is 2. The molecule has 9 heteroatoms. The van der Waals surface area contributed by atoms with E-state index in [4.69, 9.17) is 12.2 Å². The van der Waals surface area contributed by atoms with Crippen molar-refractivity contribution < 1.29 is 19.2 Å². The summed E-state index contributed by atoms with van der Waals surface area (Å²) in [6.07, 6.45) is 0. The van der Waals surface area contributed by atoms with Gasteiger partial charge in [0.05, 0.1) is 12.0 Å². The molecule has 0 saturated carbocycles. The van der Waals surface area contributed by atoms with Gasteiger partial charge in [0.2, 0.25) is 0 Å². The molecule has 0 aliphatic carbocycles. The molecule has 112 valence electrons. The molecule has 0 aliphatic heterocycles. The number of nitrogens with one attached hydrogen (secondary N) is 2. The van der Waals surface area contributed by atoms with Gasteiger partial charge in [-0.05, 0) is 25.2 Å². The van der Waals surface area contributed by atoms with Crippen molar-refractivity contribution >= 4 is 34.9 Å². The van der Waals surface area contributed by atoms with E-state index in [1.807, 2.05) is 0 Å². The van der Waals surface area contributed by atoms with Gasteiger partial charge in [0.1, 0.15) is 6.54 Å². The minimum Gasteiger partial charge on any atom is -0.468 e. The molecule has 0 bridgehead atoms. The van der Waals surface area contributed by atoms with Crippen LogP contribution >= 0.6 is 12.2 Å². The van der Waals surface area contributed by atoms with Crippen molar-refractivity contribution in [2.45, 2.75) is 6.92 Å². The van der Waals surface area contributed by atoms with Crippen LogP contribution in [0.25, 0.3) is 0 Å². The van der Waals surface area contributed by atoms with Crippen LogP contribution in [-0.2, 0) is 9.53 Å². The Hall–Kier alpha value is -2.55. The number of esters is 1. The lowest BCUT2D eigenvalue weighted by Crippen LogP contribution is -2.41. The number of hydrogen-bond donors (Lipinski definition) is 2. The number of benzene rings is 1. The third-order valence-corrected chi connectivity index (χ3v) is 2.76. The van der Waals surface area contributed by atoms with E-state index in [0.717, 1.165) is 6.07 Å². The van der Waals surface area contributed by atoms with Crippen LogP contribution in [0.15, 0.2) is 18.2 Å². The number of nitro groups is 1. The summed E-state index contributed by atoms with van der Waals surface area (Å²) in [4.78, 5) is 33.0. The minimum absolute atomic E-state index is 0.0753. The van der Waals surface area contributed by atoms with Gasteiger partial charge >= 0.3 is 5.97 Å². The van der Waals surface area contributed by atoms with Crippen LogP contribution in [0.4, 0.5) is 5.69 Å². The Balaban J connectivity index is 2.72. The smallest absolute Gasteiger partial charge is 0.325 e. The number of carbonyl (C=O) groups excluding carboxylic acids is 2. The summed E-state index contributed by atoms with van der Waals surface area (Å²) in [5.74, 6) is -1.15. The number of hydrogen-bond acceptors (Lipinski definition) is 6. The first-order chi connectivity index (χ1) is 9.85. The molecule has 1 rings (SSSR count). The molecule has 1 aromatic carbocycles. The maximum absolute atomic E-state index is 11.9. The topological polar surface area (TPSA) is 111 Å². The van der Waals surface area contributed by atoms with Crippen molar-refractivity contribution in [3.8, 4) is 0 Å². The first-order valence-corrected chi connectivity index (χ1v) is 6.17. The molecule has 1 amide bonds. The standard InChI is InChI=1S/C12H13N3O5S/c1-7-3-4-8(5-9(7)15(18)19)11(17)14-12(21)13-6-10(16)20-2/h3-5H,6H2,1-2H3,(H2,13,14,17,21). The highest BCUT2D eigenvalue weighted by Crippen LogP contribution is 2.19. The van der Waals surface area contributed by atoms with Crippen molar-refractivity contribution in [3.63, 3.8) is 0 Å². The van der Waals surface area contributed by atoms with Crippen LogP contribution in [0, 0.1) is 17.0 Å². The summed E-state index contributed by atoms with van der Waals surface area (Å²) in [5, 5.41) is 15.5. The SMILES string of the molecule is COC(=O)CNC(=S)NC(=O)c1ccc(C)c([N+](=O)[O-])c1. The summed E-state index contributed by atoms with van der Waals surface area (Å²) < 4.78 is 4.40. The molecule has 8 nitrogen and oxygen atoms in total. The third kappa shape index (κ3) is 4.80. The highest BCUT2D eigenvalue weighted by atomic mass is 32.1. The Morgan fingerprint density at radius 1 is 1.43 bits per heavy atom. The maximum atomic E-state index is 11.9. The number of nitrogens with zero attached hydrogens (tertiary/aromatic N) is 1. The van der Waals surface area contributed by atoms with Crippen LogP contribution in [0.1, 0.15) is 15.9 Å². The molecule has 2 N–H and O–H groups in total. The molecule has 0 unspecified atom stereocenters. The van der Waals surface area contributed by atoms with Crippen LogP contribution in [0.3, 0.4) is 0 Å². The second-order valence-electron chi connectivity index (χ2n) is 3.97. The molecular formula is C12H13N3O5S. The normalized spacial score (nSPS) is 9.62. The van der Waals surface area contributed by atoms with Crippen molar-refractivity contribution in [1.82, 2.24) is 10.6 Å². The van der Waals surface area contributed by atoms with Gasteiger partial charge in [-0.25, -0.2) is 0 Å². The van der Waals surface area contributed by atoms with Gasteiger partial charge in [0, 0.05) is 17.2 Å². The van der Waals surface area contributed by atoms with E-state index >= 15 is 0 Å². The number of aryl methyl sites for hydroxylation is 1.